The van der Waals surface area contributed by atoms with Crippen LogP contribution in [-0.4, -0.2) is 17.1 Å². The normalized spacial score (nSPS) is 10.1. The van der Waals surface area contributed by atoms with Crippen molar-refractivity contribution in [1.29, 1.82) is 0 Å². The lowest BCUT2D eigenvalue weighted by Crippen LogP contribution is -2.05. The van der Waals surface area contributed by atoms with Gasteiger partial charge in [-0.3, -0.25) is 0 Å². The standard InChI is InChI=1S/C12H15N5O/c1-18-11-6-8(4-5-15-11)7-16-10-3-2-9(13)12(14)17-10/h2-6H,7,13H2,1H3,(H3,14,16,17). The van der Waals surface area contributed by atoms with Crippen LogP contribution >= 0.6 is 0 Å². The lowest BCUT2D eigenvalue weighted by molar-refractivity contribution is 0.397. The molecule has 0 bridgehead atoms. The molecule has 0 aliphatic rings. The van der Waals surface area contributed by atoms with Crippen LogP contribution in [0.15, 0.2) is 30.5 Å². The lowest BCUT2D eigenvalue weighted by atomic mass is 10.2. The summed E-state index contributed by atoms with van der Waals surface area (Å²) in [7, 11) is 1.59. The number of ether oxygens (including phenoxy) is 1. The minimum Gasteiger partial charge on any atom is -0.481 e. The van der Waals surface area contributed by atoms with Gasteiger partial charge in [-0.1, -0.05) is 0 Å². The molecule has 2 heterocycles. The Morgan fingerprint density at radius 1 is 1.28 bits per heavy atom. The van der Waals surface area contributed by atoms with Crippen molar-refractivity contribution in [3.05, 3.63) is 36.0 Å². The predicted octanol–water partition coefficient (Wildman–Crippen LogP) is 1.26. The molecular formula is C12H15N5O. The summed E-state index contributed by atoms with van der Waals surface area (Å²) in [5.74, 6) is 1.59. The molecule has 0 aliphatic carbocycles. The third kappa shape index (κ3) is 2.79. The van der Waals surface area contributed by atoms with Gasteiger partial charge in [0.15, 0.2) is 0 Å². The quantitative estimate of drug-likeness (QED) is 0.750. The van der Waals surface area contributed by atoms with Crippen LogP contribution in [0.2, 0.25) is 0 Å². The molecule has 0 aromatic carbocycles. The molecule has 0 aliphatic heterocycles. The van der Waals surface area contributed by atoms with Gasteiger partial charge in [0.25, 0.3) is 0 Å². The van der Waals surface area contributed by atoms with E-state index in [2.05, 4.69) is 15.3 Å². The molecule has 2 aromatic heterocycles. The summed E-state index contributed by atoms with van der Waals surface area (Å²) in [5.41, 5.74) is 12.7. The fourth-order valence-electron chi connectivity index (χ4n) is 1.45. The molecule has 6 nitrogen and oxygen atoms in total. The van der Waals surface area contributed by atoms with Crippen LogP contribution in [0, 0.1) is 0 Å². The minimum atomic E-state index is 0.326. The monoisotopic (exact) mass is 245 g/mol. The number of nitrogen functional groups attached to an aromatic ring is 2. The van der Waals surface area contributed by atoms with Crippen LogP contribution in [-0.2, 0) is 6.54 Å². The van der Waals surface area contributed by atoms with E-state index in [-0.39, 0.29) is 0 Å². The Morgan fingerprint density at radius 2 is 2.11 bits per heavy atom. The van der Waals surface area contributed by atoms with Gasteiger partial charge in [0.1, 0.15) is 11.6 Å². The number of methoxy groups -OCH3 is 1. The van der Waals surface area contributed by atoms with E-state index in [0.717, 1.165) is 5.56 Å². The second-order valence-electron chi connectivity index (χ2n) is 3.73. The highest BCUT2D eigenvalue weighted by atomic mass is 16.5. The molecule has 2 aromatic rings. The van der Waals surface area contributed by atoms with Crippen molar-refractivity contribution in [1.82, 2.24) is 9.97 Å². The molecule has 0 amide bonds. The Morgan fingerprint density at radius 3 is 2.83 bits per heavy atom. The number of hydrogen-bond donors (Lipinski definition) is 3. The molecule has 0 unspecified atom stereocenters. The number of nitrogens with one attached hydrogen (secondary N) is 1. The summed E-state index contributed by atoms with van der Waals surface area (Å²) in [6.45, 7) is 0.606. The largest absolute Gasteiger partial charge is 0.481 e. The molecule has 0 atom stereocenters. The average molecular weight is 245 g/mol. The van der Waals surface area contributed by atoms with Gasteiger partial charge < -0.3 is 21.5 Å². The third-order valence-electron chi connectivity index (χ3n) is 2.44. The summed E-state index contributed by atoms with van der Waals surface area (Å²) in [4.78, 5) is 8.16. The Balaban J connectivity index is 2.04. The van der Waals surface area contributed by atoms with Gasteiger partial charge in [0.2, 0.25) is 5.88 Å². The Bertz CT molecular complexity index is 544. The first-order valence-corrected chi connectivity index (χ1v) is 5.44. The van der Waals surface area contributed by atoms with Gasteiger partial charge in [-0.25, -0.2) is 9.97 Å². The van der Waals surface area contributed by atoms with Crippen LogP contribution in [0.1, 0.15) is 5.56 Å². The molecular weight excluding hydrogens is 230 g/mol. The molecule has 18 heavy (non-hydrogen) atoms. The van der Waals surface area contributed by atoms with Crippen molar-refractivity contribution in [3.63, 3.8) is 0 Å². The number of pyridine rings is 2. The highest BCUT2D eigenvalue weighted by molar-refractivity contribution is 5.61. The predicted molar refractivity (Wildman–Crippen MR) is 71.2 cm³/mol. The molecule has 0 radical (unpaired) electrons. The van der Waals surface area contributed by atoms with Gasteiger partial charge in [-0.05, 0) is 23.8 Å². The van der Waals surface area contributed by atoms with Crippen LogP contribution < -0.4 is 21.5 Å². The van der Waals surface area contributed by atoms with E-state index < -0.39 is 0 Å². The zero-order valence-corrected chi connectivity index (χ0v) is 10.1. The first-order valence-electron chi connectivity index (χ1n) is 5.44. The second-order valence-corrected chi connectivity index (χ2v) is 3.73. The summed E-state index contributed by atoms with van der Waals surface area (Å²) >= 11 is 0. The van der Waals surface area contributed by atoms with Crippen LogP contribution in [0.25, 0.3) is 0 Å². The molecule has 0 spiro atoms. The number of anilines is 3. The zero-order chi connectivity index (χ0) is 13.0. The Labute approximate surface area is 105 Å². The first kappa shape index (κ1) is 12.0. The summed E-state index contributed by atoms with van der Waals surface area (Å²) in [6, 6.07) is 7.26. The van der Waals surface area contributed by atoms with Crippen molar-refractivity contribution in [2.45, 2.75) is 6.54 Å². The van der Waals surface area contributed by atoms with E-state index in [4.69, 9.17) is 16.2 Å². The van der Waals surface area contributed by atoms with Crippen molar-refractivity contribution in [2.24, 2.45) is 0 Å². The summed E-state index contributed by atoms with van der Waals surface area (Å²) in [5, 5.41) is 3.15. The van der Waals surface area contributed by atoms with E-state index in [0.29, 0.717) is 29.7 Å². The van der Waals surface area contributed by atoms with Crippen molar-refractivity contribution < 1.29 is 4.74 Å². The maximum absolute atomic E-state index is 5.63. The number of hydrogen-bond acceptors (Lipinski definition) is 6. The van der Waals surface area contributed by atoms with Crippen LogP contribution in [0.5, 0.6) is 5.88 Å². The van der Waals surface area contributed by atoms with E-state index >= 15 is 0 Å². The number of nitrogens with zero attached hydrogens (tertiary/aromatic N) is 2. The molecule has 94 valence electrons. The van der Waals surface area contributed by atoms with Crippen molar-refractivity contribution >= 4 is 17.3 Å². The van der Waals surface area contributed by atoms with Gasteiger partial charge in [0, 0.05) is 18.8 Å². The van der Waals surface area contributed by atoms with E-state index in [1.54, 1.807) is 25.4 Å². The van der Waals surface area contributed by atoms with E-state index in [9.17, 15) is 0 Å². The summed E-state index contributed by atoms with van der Waals surface area (Å²) in [6.07, 6.45) is 1.70. The molecule has 2 rings (SSSR count). The minimum absolute atomic E-state index is 0.326. The number of rotatable bonds is 4. The Hall–Kier alpha value is -2.50. The van der Waals surface area contributed by atoms with Crippen molar-refractivity contribution in [3.8, 4) is 5.88 Å². The van der Waals surface area contributed by atoms with Crippen LogP contribution in [0.4, 0.5) is 17.3 Å². The maximum atomic E-state index is 5.63. The first-order chi connectivity index (χ1) is 8.69. The fraction of sp³-hybridized carbons (Fsp3) is 0.167. The number of aromatic nitrogens is 2. The van der Waals surface area contributed by atoms with Gasteiger partial charge in [-0.2, -0.15) is 0 Å². The van der Waals surface area contributed by atoms with Gasteiger partial charge in [-0.15, -0.1) is 0 Å². The third-order valence-corrected chi connectivity index (χ3v) is 2.44. The Kier molecular flexibility index (Phi) is 3.47. The lowest BCUT2D eigenvalue weighted by Gasteiger charge is -2.08. The van der Waals surface area contributed by atoms with Gasteiger partial charge >= 0.3 is 0 Å². The molecule has 5 N–H and O–H groups in total. The SMILES string of the molecule is COc1cc(CNc2ccc(N)c(N)n2)ccn1. The van der Waals surface area contributed by atoms with Gasteiger partial charge in [0.05, 0.1) is 12.8 Å². The fourth-order valence-corrected chi connectivity index (χ4v) is 1.45. The summed E-state index contributed by atoms with van der Waals surface area (Å²) < 4.78 is 5.05. The average Bonchev–Trinajstić information content (AvgIpc) is 2.40. The number of nitrogens with two attached hydrogens (primary N) is 2. The molecule has 0 saturated heterocycles. The molecule has 6 heteroatoms. The highest BCUT2D eigenvalue weighted by Gasteiger charge is 2.00. The maximum Gasteiger partial charge on any atom is 0.213 e. The van der Waals surface area contributed by atoms with E-state index in [1.165, 1.54) is 0 Å². The smallest absolute Gasteiger partial charge is 0.213 e. The van der Waals surface area contributed by atoms with Crippen molar-refractivity contribution in [2.75, 3.05) is 23.9 Å². The van der Waals surface area contributed by atoms with E-state index in [1.807, 2.05) is 12.1 Å². The second kappa shape index (κ2) is 5.22. The van der Waals surface area contributed by atoms with Crippen LogP contribution in [0.3, 0.4) is 0 Å². The topological polar surface area (TPSA) is 99.1 Å². The zero-order valence-electron chi connectivity index (χ0n) is 10.1. The highest BCUT2D eigenvalue weighted by Crippen LogP contribution is 2.16. The molecule has 0 saturated carbocycles. The molecule has 0 fully saturated rings.